The lowest BCUT2D eigenvalue weighted by molar-refractivity contribution is 0.768. The minimum atomic E-state index is 0.737. The molecule has 13 heavy (non-hydrogen) atoms. The number of pyridine rings is 1. The van der Waals surface area contributed by atoms with Crippen molar-refractivity contribution in [3.63, 3.8) is 0 Å². The van der Waals surface area contributed by atoms with E-state index in [4.69, 9.17) is 12.2 Å². The van der Waals surface area contributed by atoms with Gasteiger partial charge in [-0.1, -0.05) is 18.3 Å². The van der Waals surface area contributed by atoms with E-state index in [1.165, 1.54) is 0 Å². The van der Waals surface area contributed by atoms with Crippen LogP contribution in [0.2, 0.25) is 0 Å². The first kappa shape index (κ1) is 8.19. The molecule has 0 atom stereocenters. The summed E-state index contributed by atoms with van der Waals surface area (Å²) in [4.78, 5) is 3.10. The molecule has 2 rings (SSSR count). The summed E-state index contributed by atoms with van der Waals surface area (Å²) in [5, 5.41) is 4.09. The van der Waals surface area contributed by atoms with Crippen LogP contribution in [0.1, 0.15) is 0 Å². The van der Waals surface area contributed by atoms with Gasteiger partial charge in [0.25, 0.3) is 0 Å². The van der Waals surface area contributed by atoms with Gasteiger partial charge in [-0.2, -0.15) is 5.10 Å². The molecular formula is C9H9N3S. The highest BCUT2D eigenvalue weighted by Crippen LogP contribution is 2.14. The van der Waals surface area contributed by atoms with Crippen molar-refractivity contribution in [1.29, 1.82) is 0 Å². The van der Waals surface area contributed by atoms with E-state index < -0.39 is 0 Å². The zero-order chi connectivity index (χ0) is 9.26. The lowest BCUT2D eigenvalue weighted by atomic mass is 10.2. The van der Waals surface area contributed by atoms with Gasteiger partial charge >= 0.3 is 0 Å². The summed E-state index contributed by atoms with van der Waals surface area (Å²) in [6.45, 7) is 0. The van der Waals surface area contributed by atoms with Crippen LogP contribution in [0.5, 0.6) is 0 Å². The van der Waals surface area contributed by atoms with E-state index in [1.807, 2.05) is 31.4 Å². The molecule has 3 nitrogen and oxygen atoms in total. The molecule has 0 saturated carbocycles. The van der Waals surface area contributed by atoms with Crippen molar-refractivity contribution in [2.24, 2.45) is 7.05 Å². The van der Waals surface area contributed by atoms with Gasteiger partial charge in [-0.05, 0) is 12.1 Å². The van der Waals surface area contributed by atoms with E-state index >= 15 is 0 Å². The summed E-state index contributed by atoms with van der Waals surface area (Å²) in [5.74, 6) is 0. The smallest absolute Gasteiger partial charge is 0.103 e. The van der Waals surface area contributed by atoms with E-state index in [0.29, 0.717) is 0 Å². The van der Waals surface area contributed by atoms with Gasteiger partial charge in [-0.3, -0.25) is 4.68 Å². The number of aromatic amines is 1. The van der Waals surface area contributed by atoms with Crippen LogP contribution in [0, 0.1) is 4.64 Å². The maximum atomic E-state index is 5.02. The molecule has 0 fully saturated rings. The largest absolute Gasteiger partial charge is 0.346 e. The zero-order valence-electron chi connectivity index (χ0n) is 7.19. The zero-order valence-corrected chi connectivity index (χ0v) is 8.01. The Hall–Kier alpha value is -1.42. The molecule has 0 aliphatic rings. The van der Waals surface area contributed by atoms with Gasteiger partial charge in [-0.25, -0.2) is 0 Å². The number of H-pyrrole nitrogens is 1. The average molecular weight is 191 g/mol. The van der Waals surface area contributed by atoms with Crippen molar-refractivity contribution in [3.05, 3.63) is 35.2 Å². The first-order chi connectivity index (χ1) is 6.25. The van der Waals surface area contributed by atoms with Gasteiger partial charge in [0.2, 0.25) is 0 Å². The lowest BCUT2D eigenvalue weighted by Crippen LogP contribution is -1.84. The first-order valence-electron chi connectivity index (χ1n) is 3.94. The molecule has 2 heterocycles. The molecule has 1 N–H and O–H groups in total. The van der Waals surface area contributed by atoms with E-state index in [2.05, 4.69) is 10.1 Å². The minimum Gasteiger partial charge on any atom is -0.346 e. The third-order valence-electron chi connectivity index (χ3n) is 1.78. The Kier molecular flexibility index (Phi) is 1.98. The fraction of sp³-hybridized carbons (Fsp3) is 0.111. The van der Waals surface area contributed by atoms with Crippen molar-refractivity contribution >= 4 is 12.2 Å². The Morgan fingerprint density at radius 3 is 2.92 bits per heavy atom. The first-order valence-corrected chi connectivity index (χ1v) is 4.35. The summed E-state index contributed by atoms with van der Waals surface area (Å²) in [7, 11) is 1.89. The minimum absolute atomic E-state index is 0.737. The van der Waals surface area contributed by atoms with Crippen LogP contribution in [0.25, 0.3) is 11.3 Å². The highest BCUT2D eigenvalue weighted by Gasteiger charge is 1.98. The van der Waals surface area contributed by atoms with Crippen LogP contribution in [0.3, 0.4) is 0 Å². The Labute approximate surface area is 81.0 Å². The number of rotatable bonds is 1. The van der Waals surface area contributed by atoms with Crippen LogP contribution in [0.15, 0.2) is 30.6 Å². The Morgan fingerprint density at radius 1 is 1.46 bits per heavy atom. The van der Waals surface area contributed by atoms with Gasteiger partial charge in [0.1, 0.15) is 4.64 Å². The van der Waals surface area contributed by atoms with Gasteiger partial charge < -0.3 is 4.98 Å². The van der Waals surface area contributed by atoms with E-state index in [1.54, 1.807) is 10.9 Å². The average Bonchev–Trinajstić information content (AvgIpc) is 2.52. The molecule has 66 valence electrons. The number of hydrogen-bond donors (Lipinski definition) is 1. The van der Waals surface area contributed by atoms with Gasteiger partial charge in [0.05, 0.1) is 6.20 Å². The molecule has 0 aromatic carbocycles. The predicted octanol–water partition coefficient (Wildman–Crippen LogP) is 2.14. The second kappa shape index (κ2) is 3.14. The summed E-state index contributed by atoms with van der Waals surface area (Å²) in [6, 6.07) is 5.77. The van der Waals surface area contributed by atoms with Crippen molar-refractivity contribution in [1.82, 2.24) is 14.8 Å². The van der Waals surface area contributed by atoms with Crippen molar-refractivity contribution in [2.75, 3.05) is 0 Å². The SMILES string of the molecule is Cn1cc(-c2cccc(=S)[nH]2)cn1. The van der Waals surface area contributed by atoms with Crippen LogP contribution in [-0.2, 0) is 7.05 Å². The molecule has 0 bridgehead atoms. The Morgan fingerprint density at radius 2 is 2.31 bits per heavy atom. The Bertz CT molecular complexity index is 469. The molecule has 0 saturated heterocycles. The molecule has 4 heteroatoms. The number of aromatic nitrogens is 3. The van der Waals surface area contributed by atoms with E-state index in [-0.39, 0.29) is 0 Å². The highest BCUT2D eigenvalue weighted by molar-refractivity contribution is 7.71. The summed E-state index contributed by atoms with van der Waals surface area (Å²) in [6.07, 6.45) is 3.75. The second-order valence-corrected chi connectivity index (χ2v) is 3.27. The number of aryl methyl sites for hydroxylation is 1. The van der Waals surface area contributed by atoms with Gasteiger partial charge in [0.15, 0.2) is 0 Å². The topological polar surface area (TPSA) is 33.6 Å². The molecule has 0 spiro atoms. The maximum Gasteiger partial charge on any atom is 0.103 e. The van der Waals surface area contributed by atoms with E-state index in [0.717, 1.165) is 15.9 Å². The van der Waals surface area contributed by atoms with Crippen molar-refractivity contribution in [3.8, 4) is 11.3 Å². The molecule has 0 unspecified atom stereocenters. The monoisotopic (exact) mass is 191 g/mol. The van der Waals surface area contributed by atoms with Crippen LogP contribution in [0.4, 0.5) is 0 Å². The molecule has 0 aliphatic heterocycles. The fourth-order valence-corrected chi connectivity index (χ4v) is 1.37. The van der Waals surface area contributed by atoms with Crippen molar-refractivity contribution in [2.45, 2.75) is 0 Å². The quantitative estimate of drug-likeness (QED) is 0.701. The number of nitrogens with zero attached hydrogens (tertiary/aromatic N) is 2. The fourth-order valence-electron chi connectivity index (χ4n) is 1.18. The van der Waals surface area contributed by atoms with E-state index in [9.17, 15) is 0 Å². The molecule has 0 aliphatic carbocycles. The summed E-state index contributed by atoms with van der Waals surface area (Å²) < 4.78 is 2.50. The lowest BCUT2D eigenvalue weighted by Gasteiger charge is -1.95. The third kappa shape index (κ3) is 1.67. The van der Waals surface area contributed by atoms with Crippen LogP contribution < -0.4 is 0 Å². The summed E-state index contributed by atoms with van der Waals surface area (Å²) in [5.41, 5.74) is 2.05. The molecule has 0 radical (unpaired) electrons. The van der Waals surface area contributed by atoms with Crippen LogP contribution >= 0.6 is 12.2 Å². The van der Waals surface area contributed by atoms with Crippen molar-refractivity contribution < 1.29 is 0 Å². The normalized spacial score (nSPS) is 10.2. The Balaban J connectivity index is 2.52. The summed E-state index contributed by atoms with van der Waals surface area (Å²) >= 11 is 5.02. The standard InChI is InChI=1S/C9H9N3S/c1-12-6-7(5-10-12)8-3-2-4-9(13)11-8/h2-6H,1H3,(H,11,13). The maximum absolute atomic E-state index is 5.02. The molecular weight excluding hydrogens is 182 g/mol. The third-order valence-corrected chi connectivity index (χ3v) is 2.02. The number of hydrogen-bond acceptors (Lipinski definition) is 2. The molecule has 0 amide bonds. The van der Waals surface area contributed by atoms with Gasteiger partial charge in [0, 0.05) is 24.5 Å². The predicted molar refractivity (Wildman–Crippen MR) is 53.8 cm³/mol. The molecule has 2 aromatic rings. The highest BCUT2D eigenvalue weighted by atomic mass is 32.1. The number of nitrogens with one attached hydrogen (secondary N) is 1. The second-order valence-electron chi connectivity index (χ2n) is 2.83. The van der Waals surface area contributed by atoms with Crippen LogP contribution in [-0.4, -0.2) is 14.8 Å². The van der Waals surface area contributed by atoms with Gasteiger partial charge in [-0.15, -0.1) is 0 Å². The molecule has 2 aromatic heterocycles.